The van der Waals surface area contributed by atoms with E-state index in [0.29, 0.717) is 17.3 Å². The number of carbonyl (C=O) groups is 1. The molecule has 0 fully saturated rings. The second-order valence-electron chi connectivity index (χ2n) is 5.74. The molecule has 126 valence electrons. The molecule has 4 rings (SSSR count). The zero-order valence-corrected chi connectivity index (χ0v) is 14.5. The van der Waals surface area contributed by atoms with Crippen molar-refractivity contribution in [2.24, 2.45) is 0 Å². The number of rotatable bonds is 3. The molecule has 0 spiro atoms. The van der Waals surface area contributed by atoms with Gasteiger partial charge in [0.15, 0.2) is 11.5 Å². The van der Waals surface area contributed by atoms with E-state index in [9.17, 15) is 4.79 Å². The lowest BCUT2D eigenvalue weighted by molar-refractivity contribution is 0.102. The molecule has 1 aliphatic heterocycles. The Kier molecular flexibility index (Phi) is 3.85. The predicted octanol–water partition coefficient (Wildman–Crippen LogP) is 3.80. The Morgan fingerprint density at radius 2 is 2.04 bits per heavy atom. The molecule has 0 saturated carbocycles. The molecule has 1 aliphatic rings. The summed E-state index contributed by atoms with van der Waals surface area (Å²) in [6.07, 6.45) is 1.72. The van der Waals surface area contributed by atoms with Crippen LogP contribution in [-0.4, -0.2) is 22.7 Å². The quantitative estimate of drug-likeness (QED) is 0.775. The first-order valence-corrected chi connectivity index (χ1v) is 8.58. The molecule has 0 aliphatic carbocycles. The Balaban J connectivity index is 1.55. The molecule has 7 heteroatoms. The zero-order valence-electron chi connectivity index (χ0n) is 13.7. The maximum absolute atomic E-state index is 12.4. The summed E-state index contributed by atoms with van der Waals surface area (Å²) in [4.78, 5) is 21.1. The zero-order chi connectivity index (χ0) is 17.4. The highest BCUT2D eigenvalue weighted by Gasteiger charge is 2.17. The van der Waals surface area contributed by atoms with Gasteiger partial charge in [0.05, 0.1) is 0 Å². The molecule has 3 aromatic rings. The average Bonchev–Trinajstić information content (AvgIpc) is 3.25. The highest BCUT2D eigenvalue weighted by Crippen LogP contribution is 2.36. The first-order valence-electron chi connectivity index (χ1n) is 7.70. The van der Waals surface area contributed by atoms with E-state index in [1.807, 2.05) is 38.1 Å². The second kappa shape index (κ2) is 6.18. The number of carbonyl (C=O) groups excluding carboxylic acids is 1. The topological polar surface area (TPSA) is 73.3 Å². The van der Waals surface area contributed by atoms with Gasteiger partial charge < -0.3 is 14.8 Å². The van der Waals surface area contributed by atoms with E-state index in [1.165, 1.54) is 11.3 Å². The molecule has 6 nitrogen and oxygen atoms in total. The molecule has 1 amide bonds. The average molecular weight is 353 g/mol. The molecule has 2 aromatic heterocycles. The van der Waals surface area contributed by atoms with Crippen molar-refractivity contribution in [1.82, 2.24) is 9.97 Å². The number of thiazole rings is 1. The lowest BCUT2D eigenvalue weighted by Gasteiger charge is -2.06. The Morgan fingerprint density at radius 3 is 2.88 bits per heavy atom. The van der Waals surface area contributed by atoms with Crippen LogP contribution < -0.4 is 14.8 Å². The fraction of sp³-hybridized carbons (Fsp3) is 0.167. The van der Waals surface area contributed by atoms with Gasteiger partial charge in [0.2, 0.25) is 6.79 Å². The van der Waals surface area contributed by atoms with Crippen molar-refractivity contribution in [3.8, 4) is 22.1 Å². The van der Waals surface area contributed by atoms with Crippen LogP contribution in [0.3, 0.4) is 0 Å². The third-order valence-corrected chi connectivity index (χ3v) is 4.69. The van der Waals surface area contributed by atoms with Gasteiger partial charge in [0.1, 0.15) is 16.5 Å². The van der Waals surface area contributed by atoms with E-state index in [-0.39, 0.29) is 12.7 Å². The molecule has 1 aromatic carbocycles. The Bertz CT molecular complexity index is 968. The van der Waals surface area contributed by atoms with Crippen molar-refractivity contribution in [1.29, 1.82) is 0 Å². The number of ether oxygens (including phenoxy) is 2. The predicted molar refractivity (Wildman–Crippen MR) is 95.3 cm³/mol. The van der Waals surface area contributed by atoms with Gasteiger partial charge in [-0.25, -0.2) is 9.97 Å². The van der Waals surface area contributed by atoms with Crippen molar-refractivity contribution in [2.75, 3.05) is 12.1 Å². The summed E-state index contributed by atoms with van der Waals surface area (Å²) in [6.45, 7) is 4.10. The van der Waals surface area contributed by atoms with Crippen LogP contribution in [0.15, 0.2) is 35.8 Å². The number of amides is 1. The van der Waals surface area contributed by atoms with Crippen LogP contribution in [0.25, 0.3) is 10.6 Å². The van der Waals surface area contributed by atoms with Crippen LogP contribution in [-0.2, 0) is 0 Å². The van der Waals surface area contributed by atoms with Crippen molar-refractivity contribution in [3.05, 3.63) is 52.7 Å². The van der Waals surface area contributed by atoms with Crippen LogP contribution in [0.5, 0.6) is 11.5 Å². The normalized spacial score (nSPS) is 12.2. The van der Waals surface area contributed by atoms with Crippen LogP contribution in [0.4, 0.5) is 5.82 Å². The van der Waals surface area contributed by atoms with E-state index in [1.54, 1.807) is 11.6 Å². The van der Waals surface area contributed by atoms with Gasteiger partial charge in [0, 0.05) is 17.1 Å². The number of nitrogens with zero attached hydrogens (tertiary/aromatic N) is 2. The van der Waals surface area contributed by atoms with Gasteiger partial charge in [-0.05, 0) is 43.2 Å². The maximum atomic E-state index is 12.4. The van der Waals surface area contributed by atoms with Crippen LogP contribution in [0, 0.1) is 13.8 Å². The largest absolute Gasteiger partial charge is 0.454 e. The molecule has 0 bridgehead atoms. The number of nitrogens with one attached hydrogen (secondary N) is 1. The van der Waals surface area contributed by atoms with Gasteiger partial charge >= 0.3 is 0 Å². The van der Waals surface area contributed by atoms with Crippen molar-refractivity contribution in [3.63, 3.8) is 0 Å². The number of fused-ring (bicyclic) bond motifs is 1. The summed E-state index contributed by atoms with van der Waals surface area (Å²) in [6, 6.07) is 7.59. The minimum absolute atomic E-state index is 0.229. The summed E-state index contributed by atoms with van der Waals surface area (Å²) in [7, 11) is 0. The van der Waals surface area contributed by atoms with Gasteiger partial charge in [-0.3, -0.25) is 4.79 Å². The first-order chi connectivity index (χ1) is 12.1. The van der Waals surface area contributed by atoms with Crippen LogP contribution in [0.2, 0.25) is 0 Å². The van der Waals surface area contributed by atoms with Crippen molar-refractivity contribution < 1.29 is 14.3 Å². The SMILES string of the molecule is Cc1cnc(NC(=O)c2csc(-c3ccc4c(c3)OCO4)n2)c(C)c1. The highest BCUT2D eigenvalue weighted by atomic mass is 32.1. The fourth-order valence-corrected chi connectivity index (χ4v) is 3.36. The molecule has 0 radical (unpaired) electrons. The van der Waals surface area contributed by atoms with E-state index in [0.717, 1.165) is 27.4 Å². The van der Waals surface area contributed by atoms with E-state index in [2.05, 4.69) is 15.3 Å². The lowest BCUT2D eigenvalue weighted by Crippen LogP contribution is -2.14. The third kappa shape index (κ3) is 3.06. The smallest absolute Gasteiger partial charge is 0.276 e. The van der Waals surface area contributed by atoms with Crippen LogP contribution >= 0.6 is 11.3 Å². The summed E-state index contributed by atoms with van der Waals surface area (Å²) < 4.78 is 10.7. The minimum Gasteiger partial charge on any atom is -0.454 e. The monoisotopic (exact) mass is 353 g/mol. The first kappa shape index (κ1) is 15.6. The Labute approximate surface area is 148 Å². The molecule has 3 heterocycles. The van der Waals surface area contributed by atoms with Gasteiger partial charge in [-0.2, -0.15) is 0 Å². The lowest BCUT2D eigenvalue weighted by atomic mass is 10.2. The van der Waals surface area contributed by atoms with Gasteiger partial charge in [0.25, 0.3) is 5.91 Å². The number of anilines is 1. The Hall–Kier alpha value is -2.93. The maximum Gasteiger partial charge on any atom is 0.276 e. The standard InChI is InChI=1S/C18H15N3O3S/c1-10-5-11(2)16(19-7-10)21-17(22)13-8-25-18(20-13)12-3-4-14-15(6-12)24-9-23-14/h3-8H,9H2,1-2H3,(H,19,21,22). The minimum atomic E-state index is -0.275. The highest BCUT2D eigenvalue weighted by molar-refractivity contribution is 7.13. The Morgan fingerprint density at radius 1 is 1.20 bits per heavy atom. The molecule has 1 N–H and O–H groups in total. The summed E-state index contributed by atoms with van der Waals surface area (Å²) >= 11 is 1.40. The van der Waals surface area contributed by atoms with Gasteiger partial charge in [-0.1, -0.05) is 6.07 Å². The van der Waals surface area contributed by atoms with Crippen LogP contribution in [0.1, 0.15) is 21.6 Å². The van der Waals surface area contributed by atoms with Crippen molar-refractivity contribution in [2.45, 2.75) is 13.8 Å². The van der Waals surface area contributed by atoms with E-state index in [4.69, 9.17) is 9.47 Å². The summed E-state index contributed by atoms with van der Waals surface area (Å²) in [5, 5.41) is 5.29. The summed E-state index contributed by atoms with van der Waals surface area (Å²) in [5.74, 6) is 1.69. The number of hydrogen-bond donors (Lipinski definition) is 1. The van der Waals surface area contributed by atoms with Crippen molar-refractivity contribution >= 4 is 23.1 Å². The number of benzene rings is 1. The molecule has 0 saturated heterocycles. The molecular weight excluding hydrogens is 338 g/mol. The number of pyridine rings is 1. The number of aryl methyl sites for hydroxylation is 2. The molecular formula is C18H15N3O3S. The third-order valence-electron chi connectivity index (χ3n) is 3.80. The molecule has 25 heavy (non-hydrogen) atoms. The molecule has 0 atom stereocenters. The van der Waals surface area contributed by atoms with Gasteiger partial charge in [-0.15, -0.1) is 11.3 Å². The fourth-order valence-electron chi connectivity index (χ4n) is 2.56. The number of hydrogen-bond acceptors (Lipinski definition) is 6. The van der Waals surface area contributed by atoms with E-state index >= 15 is 0 Å². The van der Waals surface area contributed by atoms with E-state index < -0.39 is 0 Å². The number of aromatic nitrogens is 2. The second-order valence-corrected chi connectivity index (χ2v) is 6.60. The molecule has 0 unspecified atom stereocenters. The summed E-state index contributed by atoms with van der Waals surface area (Å²) in [5.41, 5.74) is 3.21.